The van der Waals surface area contributed by atoms with Crippen molar-refractivity contribution in [1.82, 2.24) is 9.78 Å². The third-order valence-electron chi connectivity index (χ3n) is 4.36. The van der Waals surface area contributed by atoms with Gasteiger partial charge in [0, 0.05) is 13.1 Å². The molecule has 1 aliphatic rings. The summed E-state index contributed by atoms with van der Waals surface area (Å²) in [4.78, 5) is 0. The largest absolute Gasteiger partial charge is 0.324 e. The molecule has 2 unspecified atom stereocenters. The molecule has 1 aliphatic carbocycles. The van der Waals surface area contributed by atoms with Crippen LogP contribution in [0.25, 0.3) is 0 Å². The lowest BCUT2D eigenvalue weighted by Gasteiger charge is -2.16. The second kappa shape index (κ2) is 5.23. The number of aromatic nitrogens is 2. The minimum atomic E-state index is 0.0993. The van der Waals surface area contributed by atoms with Crippen LogP contribution >= 0.6 is 11.6 Å². The molecule has 0 saturated heterocycles. The predicted molar refractivity (Wildman–Crippen MR) is 81.9 cm³/mol. The van der Waals surface area contributed by atoms with Crippen molar-refractivity contribution in [3.8, 4) is 0 Å². The Morgan fingerprint density at radius 1 is 1.40 bits per heavy atom. The van der Waals surface area contributed by atoms with Crippen molar-refractivity contribution >= 4 is 11.6 Å². The Bertz CT molecular complexity index is 633. The highest BCUT2D eigenvalue weighted by atomic mass is 35.5. The minimum absolute atomic E-state index is 0.0993. The summed E-state index contributed by atoms with van der Waals surface area (Å²) in [5.41, 5.74) is 11.2. The topological polar surface area (TPSA) is 43.8 Å². The molecule has 0 saturated carbocycles. The number of halogens is 1. The average molecular weight is 290 g/mol. The van der Waals surface area contributed by atoms with Crippen molar-refractivity contribution < 1.29 is 0 Å². The first-order valence-corrected chi connectivity index (χ1v) is 7.53. The van der Waals surface area contributed by atoms with E-state index in [1.807, 2.05) is 11.7 Å². The Balaban J connectivity index is 1.86. The molecule has 0 aliphatic heterocycles. The van der Waals surface area contributed by atoms with E-state index in [0.717, 1.165) is 35.7 Å². The zero-order chi connectivity index (χ0) is 14.3. The Hall–Kier alpha value is -1.32. The van der Waals surface area contributed by atoms with Gasteiger partial charge in [-0.3, -0.25) is 4.68 Å². The zero-order valence-electron chi connectivity index (χ0n) is 11.9. The van der Waals surface area contributed by atoms with Crippen LogP contribution < -0.4 is 5.73 Å². The molecule has 3 nitrogen and oxygen atoms in total. The molecule has 1 heterocycles. The van der Waals surface area contributed by atoms with Crippen LogP contribution in [0.2, 0.25) is 5.02 Å². The molecule has 2 aromatic rings. The summed E-state index contributed by atoms with van der Waals surface area (Å²) in [5, 5.41) is 5.31. The summed E-state index contributed by atoms with van der Waals surface area (Å²) in [6, 6.07) is 8.56. The highest BCUT2D eigenvalue weighted by Crippen LogP contribution is 2.37. The van der Waals surface area contributed by atoms with Gasteiger partial charge >= 0.3 is 0 Å². The van der Waals surface area contributed by atoms with E-state index in [4.69, 9.17) is 17.3 Å². The van der Waals surface area contributed by atoms with Gasteiger partial charge in [-0.2, -0.15) is 5.10 Å². The number of hydrogen-bond donors (Lipinski definition) is 1. The molecule has 4 heteroatoms. The maximum Gasteiger partial charge on any atom is 0.0849 e. The lowest BCUT2D eigenvalue weighted by atomic mass is 9.96. The second-order valence-electron chi connectivity index (χ2n) is 5.58. The van der Waals surface area contributed by atoms with Gasteiger partial charge in [0.05, 0.1) is 16.4 Å². The number of aryl methyl sites for hydroxylation is 2. The lowest BCUT2D eigenvalue weighted by molar-refractivity contribution is 0.451. The molecule has 2 N–H and O–H groups in total. The standard InChI is InChI=1S/C16H20ClN3/c1-3-13-15(17)14(20(2)19-13)9-11-8-10-6-4-5-7-12(10)16(11)18/h4-7,11,16H,3,8-9,18H2,1-2H3. The van der Waals surface area contributed by atoms with E-state index in [9.17, 15) is 0 Å². The first kappa shape index (κ1) is 13.7. The smallest absolute Gasteiger partial charge is 0.0849 e. The van der Waals surface area contributed by atoms with Crippen LogP contribution in [0.1, 0.15) is 35.5 Å². The van der Waals surface area contributed by atoms with E-state index >= 15 is 0 Å². The van der Waals surface area contributed by atoms with Crippen LogP contribution in [0.3, 0.4) is 0 Å². The van der Waals surface area contributed by atoms with Gasteiger partial charge in [-0.25, -0.2) is 0 Å². The van der Waals surface area contributed by atoms with Gasteiger partial charge in [-0.05, 0) is 36.3 Å². The monoisotopic (exact) mass is 289 g/mol. The molecule has 0 radical (unpaired) electrons. The van der Waals surface area contributed by atoms with Crippen LogP contribution in [0, 0.1) is 5.92 Å². The van der Waals surface area contributed by atoms with Crippen LogP contribution in [-0.4, -0.2) is 9.78 Å². The fraction of sp³-hybridized carbons (Fsp3) is 0.438. The molecule has 106 valence electrons. The van der Waals surface area contributed by atoms with Crippen molar-refractivity contribution in [2.24, 2.45) is 18.7 Å². The number of hydrogen-bond acceptors (Lipinski definition) is 2. The lowest BCUT2D eigenvalue weighted by Crippen LogP contribution is -2.20. The SMILES string of the molecule is CCc1nn(C)c(CC2Cc3ccccc3C2N)c1Cl. The van der Waals surface area contributed by atoms with E-state index in [0.29, 0.717) is 5.92 Å². The summed E-state index contributed by atoms with van der Waals surface area (Å²) in [7, 11) is 1.97. The van der Waals surface area contributed by atoms with Crippen molar-refractivity contribution in [2.75, 3.05) is 0 Å². The summed E-state index contributed by atoms with van der Waals surface area (Å²) >= 11 is 6.44. The summed E-state index contributed by atoms with van der Waals surface area (Å²) in [5.74, 6) is 0.407. The number of benzene rings is 1. The molecule has 0 amide bonds. The molecule has 0 spiro atoms. The molecule has 1 aromatic heterocycles. The van der Waals surface area contributed by atoms with E-state index in [1.54, 1.807) is 0 Å². The third kappa shape index (κ3) is 2.15. The van der Waals surface area contributed by atoms with Gasteiger partial charge in [-0.15, -0.1) is 0 Å². The predicted octanol–water partition coefficient (Wildman–Crippen LogP) is 3.05. The van der Waals surface area contributed by atoms with Crippen LogP contribution in [0.15, 0.2) is 24.3 Å². The quantitative estimate of drug-likeness (QED) is 0.944. The highest BCUT2D eigenvalue weighted by Gasteiger charge is 2.31. The van der Waals surface area contributed by atoms with E-state index < -0.39 is 0 Å². The maximum absolute atomic E-state index is 6.44. The van der Waals surface area contributed by atoms with E-state index in [1.165, 1.54) is 11.1 Å². The van der Waals surface area contributed by atoms with Crippen LogP contribution in [-0.2, 0) is 26.3 Å². The molecule has 20 heavy (non-hydrogen) atoms. The van der Waals surface area contributed by atoms with E-state index in [2.05, 4.69) is 36.3 Å². The Morgan fingerprint density at radius 2 is 2.15 bits per heavy atom. The second-order valence-corrected chi connectivity index (χ2v) is 5.96. The number of nitrogens with two attached hydrogens (primary N) is 1. The Morgan fingerprint density at radius 3 is 2.80 bits per heavy atom. The molecule has 3 rings (SSSR count). The molecular weight excluding hydrogens is 270 g/mol. The molecule has 0 fully saturated rings. The summed E-state index contributed by atoms with van der Waals surface area (Å²) < 4.78 is 1.91. The fourth-order valence-electron chi connectivity index (χ4n) is 3.20. The first-order valence-electron chi connectivity index (χ1n) is 7.15. The van der Waals surface area contributed by atoms with Gasteiger partial charge in [0.25, 0.3) is 0 Å². The van der Waals surface area contributed by atoms with E-state index in [-0.39, 0.29) is 6.04 Å². The zero-order valence-corrected chi connectivity index (χ0v) is 12.7. The van der Waals surface area contributed by atoms with Crippen molar-refractivity contribution in [2.45, 2.75) is 32.2 Å². The van der Waals surface area contributed by atoms with Crippen LogP contribution in [0.4, 0.5) is 0 Å². The van der Waals surface area contributed by atoms with Crippen LogP contribution in [0.5, 0.6) is 0 Å². The van der Waals surface area contributed by atoms with Gasteiger partial charge < -0.3 is 5.73 Å². The maximum atomic E-state index is 6.44. The third-order valence-corrected chi connectivity index (χ3v) is 4.80. The number of nitrogens with zero attached hydrogens (tertiary/aromatic N) is 2. The minimum Gasteiger partial charge on any atom is -0.324 e. The first-order chi connectivity index (χ1) is 9.61. The number of rotatable bonds is 3. The van der Waals surface area contributed by atoms with Gasteiger partial charge in [-0.1, -0.05) is 42.8 Å². The highest BCUT2D eigenvalue weighted by molar-refractivity contribution is 6.31. The molecule has 1 aromatic carbocycles. The average Bonchev–Trinajstić information content (AvgIpc) is 2.91. The van der Waals surface area contributed by atoms with Gasteiger partial charge in [0.15, 0.2) is 0 Å². The Kier molecular flexibility index (Phi) is 3.57. The fourth-order valence-corrected chi connectivity index (χ4v) is 3.57. The van der Waals surface area contributed by atoms with Gasteiger partial charge in [0.1, 0.15) is 0 Å². The molecule has 2 atom stereocenters. The summed E-state index contributed by atoms with van der Waals surface area (Å²) in [6.45, 7) is 2.08. The normalized spacial score (nSPS) is 21.2. The molecule has 0 bridgehead atoms. The number of fused-ring (bicyclic) bond motifs is 1. The van der Waals surface area contributed by atoms with Crippen molar-refractivity contribution in [3.63, 3.8) is 0 Å². The summed E-state index contributed by atoms with van der Waals surface area (Å²) in [6.07, 6.45) is 2.78. The molecular formula is C16H20ClN3. The Labute approximate surface area is 124 Å². The van der Waals surface area contributed by atoms with Crippen molar-refractivity contribution in [3.05, 3.63) is 51.8 Å². The van der Waals surface area contributed by atoms with Crippen molar-refractivity contribution in [1.29, 1.82) is 0 Å². The van der Waals surface area contributed by atoms with Gasteiger partial charge in [0.2, 0.25) is 0 Å².